The second kappa shape index (κ2) is 17.6. The number of piperidine rings is 1. The second-order valence-electron chi connectivity index (χ2n) is 15.6. The zero-order chi connectivity index (χ0) is 39.0. The maximum atomic E-state index is 12.1. The number of ether oxygens (including phenoxy) is 4. The van der Waals surface area contributed by atoms with E-state index in [0.29, 0.717) is 51.5 Å². The molecule has 288 valence electrons. The molecule has 11 heteroatoms. The van der Waals surface area contributed by atoms with Gasteiger partial charge in [0.2, 0.25) is 0 Å². The molecule has 2 heterocycles. The molecule has 0 atom stereocenters. The number of carbonyl (C=O) groups is 2. The zero-order valence-corrected chi connectivity index (χ0v) is 32.8. The van der Waals surface area contributed by atoms with Gasteiger partial charge < -0.3 is 29.2 Å². The van der Waals surface area contributed by atoms with E-state index in [1.165, 1.54) is 25.1 Å². The van der Waals surface area contributed by atoms with Crippen molar-refractivity contribution in [3.63, 3.8) is 0 Å². The normalized spacial score (nSPS) is 15.4. The Kier molecular flexibility index (Phi) is 12.6. The highest BCUT2D eigenvalue weighted by molar-refractivity contribution is 6.32. The number of aldehydes is 1. The van der Waals surface area contributed by atoms with E-state index in [1.54, 1.807) is 18.3 Å². The average molecular weight is 765 g/mol. The molecule has 4 aromatic rings. The van der Waals surface area contributed by atoms with E-state index in [4.69, 9.17) is 30.5 Å². The molecule has 2 fully saturated rings. The van der Waals surface area contributed by atoms with Gasteiger partial charge in [0.15, 0.2) is 6.29 Å². The molecule has 1 aliphatic heterocycles. The third-order valence-corrected chi connectivity index (χ3v) is 10.7. The largest absolute Gasteiger partial charge is 0.494 e. The third kappa shape index (κ3) is 10.6. The SMILES string of the molecule is Cc1c(COc2cc(OCc3cncc(C#N)c3)c(C=O)cc2Cl)cccc1-c1cccc(OCCCN2CCC3(CC2)CC(NC(=O)OC(C)(C)C)C3)c1. The number of rotatable bonds is 14. The van der Waals surface area contributed by atoms with E-state index in [2.05, 4.69) is 46.4 Å². The molecule has 1 aromatic heterocycles. The molecule has 1 spiro atoms. The van der Waals surface area contributed by atoms with Crippen molar-refractivity contribution in [2.24, 2.45) is 5.41 Å². The standard InChI is InChI=1S/C44H49ClN4O6/c1-30-34(29-54-41-21-40(35(27-50)20-39(41)45)53-28-32-18-31(24-46)25-47-26-32)9-6-11-38(30)33-8-5-10-37(19-33)52-17-7-14-49-15-12-44(13-16-49)22-36(23-44)48-42(51)55-43(2,3)4/h5-6,8-11,18-21,25-27,36H,7,12-17,22-23,28-29H2,1-4H3,(H,48,51). The van der Waals surface area contributed by atoms with E-state index in [-0.39, 0.29) is 25.3 Å². The van der Waals surface area contributed by atoms with Gasteiger partial charge in [-0.25, -0.2) is 4.79 Å². The van der Waals surface area contributed by atoms with Crippen molar-refractivity contribution in [1.82, 2.24) is 15.2 Å². The van der Waals surface area contributed by atoms with Crippen LogP contribution in [0.1, 0.15) is 85.5 Å². The Bertz CT molecular complexity index is 2020. The lowest BCUT2D eigenvalue weighted by Gasteiger charge is -2.52. The molecule has 0 bridgehead atoms. The summed E-state index contributed by atoms with van der Waals surface area (Å²) in [6, 6.07) is 21.4. The van der Waals surface area contributed by atoms with Crippen LogP contribution in [0.25, 0.3) is 11.1 Å². The molecule has 0 unspecified atom stereocenters. The van der Waals surface area contributed by atoms with Gasteiger partial charge >= 0.3 is 6.09 Å². The topological polar surface area (TPSA) is 123 Å². The average Bonchev–Trinajstić information content (AvgIpc) is 3.15. The summed E-state index contributed by atoms with van der Waals surface area (Å²) in [5.74, 6) is 1.54. The number of hydrogen-bond acceptors (Lipinski definition) is 9. The highest BCUT2D eigenvalue weighted by atomic mass is 35.5. The van der Waals surface area contributed by atoms with E-state index in [0.717, 1.165) is 66.9 Å². The number of nitriles is 1. The van der Waals surface area contributed by atoms with Crippen LogP contribution in [-0.2, 0) is 18.0 Å². The number of amides is 1. The number of nitrogens with one attached hydrogen (secondary N) is 1. The van der Waals surface area contributed by atoms with Gasteiger partial charge in [-0.15, -0.1) is 0 Å². The Balaban J connectivity index is 0.977. The first-order valence-corrected chi connectivity index (χ1v) is 19.2. The highest BCUT2D eigenvalue weighted by Gasteiger charge is 2.46. The highest BCUT2D eigenvalue weighted by Crippen LogP contribution is 2.49. The first-order chi connectivity index (χ1) is 26.4. The first-order valence-electron chi connectivity index (χ1n) is 18.8. The fourth-order valence-electron chi connectivity index (χ4n) is 7.43. The lowest BCUT2D eigenvalue weighted by atomic mass is 9.60. The molecule has 1 amide bonds. The lowest BCUT2D eigenvalue weighted by Crippen LogP contribution is -2.55. The monoisotopic (exact) mass is 764 g/mol. The van der Waals surface area contributed by atoms with Crippen LogP contribution in [0, 0.1) is 23.7 Å². The van der Waals surface area contributed by atoms with E-state index < -0.39 is 5.60 Å². The van der Waals surface area contributed by atoms with Gasteiger partial charge in [-0.2, -0.15) is 5.26 Å². The number of likely N-dealkylation sites (tertiary alicyclic amines) is 1. The third-order valence-electron chi connectivity index (χ3n) is 10.4. The Morgan fingerprint density at radius 2 is 1.78 bits per heavy atom. The van der Waals surface area contributed by atoms with E-state index >= 15 is 0 Å². The van der Waals surface area contributed by atoms with Gasteiger partial charge in [-0.05, 0) is 125 Å². The number of hydrogen-bond donors (Lipinski definition) is 1. The van der Waals surface area contributed by atoms with Crippen molar-refractivity contribution >= 4 is 24.0 Å². The predicted molar refractivity (Wildman–Crippen MR) is 212 cm³/mol. The van der Waals surface area contributed by atoms with Crippen molar-refractivity contribution < 1.29 is 28.5 Å². The Labute approximate surface area is 328 Å². The summed E-state index contributed by atoms with van der Waals surface area (Å²) in [6.45, 7) is 11.9. The van der Waals surface area contributed by atoms with Gasteiger partial charge in [0.25, 0.3) is 0 Å². The van der Waals surface area contributed by atoms with Gasteiger partial charge in [0.05, 0.1) is 22.8 Å². The number of pyridine rings is 1. The molecule has 6 rings (SSSR count). The summed E-state index contributed by atoms with van der Waals surface area (Å²) in [7, 11) is 0. The fraction of sp³-hybridized carbons (Fsp3) is 0.409. The smallest absolute Gasteiger partial charge is 0.407 e. The molecule has 0 radical (unpaired) electrons. The summed E-state index contributed by atoms with van der Waals surface area (Å²) in [5.41, 5.74) is 5.48. The van der Waals surface area contributed by atoms with Crippen LogP contribution >= 0.6 is 11.6 Å². The molecule has 1 saturated heterocycles. The lowest BCUT2D eigenvalue weighted by molar-refractivity contribution is -0.00310. The molecule has 1 aliphatic carbocycles. The van der Waals surface area contributed by atoms with Gasteiger partial charge in [-0.3, -0.25) is 9.78 Å². The van der Waals surface area contributed by atoms with Crippen LogP contribution in [0.15, 0.2) is 73.1 Å². The zero-order valence-electron chi connectivity index (χ0n) is 32.0. The number of halogens is 1. The second-order valence-corrected chi connectivity index (χ2v) is 16.0. The van der Waals surface area contributed by atoms with Crippen LogP contribution < -0.4 is 19.5 Å². The van der Waals surface area contributed by atoms with Crippen molar-refractivity contribution in [3.05, 3.63) is 106 Å². The molecule has 3 aromatic carbocycles. The predicted octanol–water partition coefficient (Wildman–Crippen LogP) is 9.09. The fourth-order valence-corrected chi connectivity index (χ4v) is 7.65. The number of carbonyl (C=O) groups excluding carboxylic acids is 2. The Morgan fingerprint density at radius 1 is 1.02 bits per heavy atom. The van der Waals surface area contributed by atoms with Gasteiger partial charge in [0.1, 0.15) is 42.1 Å². The summed E-state index contributed by atoms with van der Waals surface area (Å²) in [5, 5.41) is 12.5. The minimum Gasteiger partial charge on any atom is -0.494 e. The molecular weight excluding hydrogens is 716 g/mol. The van der Waals surface area contributed by atoms with Crippen molar-refractivity contribution in [2.75, 3.05) is 26.2 Å². The minimum absolute atomic E-state index is 0.118. The molecule has 1 saturated carbocycles. The number of nitrogens with zero attached hydrogens (tertiary/aromatic N) is 3. The molecular formula is C44H49ClN4O6. The van der Waals surface area contributed by atoms with E-state index in [1.807, 2.05) is 45.0 Å². The summed E-state index contributed by atoms with van der Waals surface area (Å²) in [6.07, 6.45) is 8.81. The van der Waals surface area contributed by atoms with Crippen LogP contribution in [0.2, 0.25) is 5.02 Å². The summed E-state index contributed by atoms with van der Waals surface area (Å²) in [4.78, 5) is 30.5. The van der Waals surface area contributed by atoms with Crippen LogP contribution in [0.4, 0.5) is 4.79 Å². The van der Waals surface area contributed by atoms with Crippen molar-refractivity contribution in [1.29, 1.82) is 5.26 Å². The van der Waals surface area contributed by atoms with Crippen molar-refractivity contribution in [3.8, 4) is 34.4 Å². The number of aromatic nitrogens is 1. The Morgan fingerprint density at radius 3 is 2.53 bits per heavy atom. The van der Waals surface area contributed by atoms with Crippen LogP contribution in [-0.4, -0.2) is 60.1 Å². The van der Waals surface area contributed by atoms with Gasteiger partial charge in [-0.1, -0.05) is 41.9 Å². The maximum absolute atomic E-state index is 12.1. The molecule has 2 aliphatic rings. The minimum atomic E-state index is -0.478. The van der Waals surface area contributed by atoms with Crippen LogP contribution in [0.5, 0.6) is 17.2 Å². The van der Waals surface area contributed by atoms with Crippen LogP contribution in [0.3, 0.4) is 0 Å². The summed E-state index contributed by atoms with van der Waals surface area (Å²) >= 11 is 6.52. The number of alkyl carbamates (subject to hydrolysis) is 1. The van der Waals surface area contributed by atoms with Gasteiger partial charge in [0, 0.05) is 36.6 Å². The maximum Gasteiger partial charge on any atom is 0.407 e. The Hall–Kier alpha value is -5.11. The number of benzene rings is 3. The first kappa shape index (κ1) is 39.6. The van der Waals surface area contributed by atoms with Crippen molar-refractivity contribution in [2.45, 2.75) is 84.7 Å². The molecule has 55 heavy (non-hydrogen) atoms. The van der Waals surface area contributed by atoms with E-state index in [9.17, 15) is 14.9 Å². The molecule has 1 N–H and O–H groups in total. The quantitative estimate of drug-likeness (QED) is 0.0990. The summed E-state index contributed by atoms with van der Waals surface area (Å²) < 4.78 is 23.8. The molecule has 10 nitrogen and oxygen atoms in total.